The van der Waals surface area contributed by atoms with E-state index in [-0.39, 0.29) is 16.8 Å². The first-order chi connectivity index (χ1) is 11.8. The second kappa shape index (κ2) is 8.19. The summed E-state index contributed by atoms with van der Waals surface area (Å²) in [6.07, 6.45) is 2.61. The highest BCUT2D eigenvalue weighted by molar-refractivity contribution is 7.89. The number of nitrogens with one attached hydrogen (secondary N) is 1. The number of piperidine rings is 1. The van der Waals surface area contributed by atoms with Gasteiger partial charge in [-0.2, -0.15) is 0 Å². The topological polar surface area (TPSA) is 75.7 Å². The molecule has 1 heterocycles. The largest absolute Gasteiger partial charge is 0.496 e. The van der Waals surface area contributed by atoms with Crippen molar-refractivity contribution in [3.63, 3.8) is 0 Å². The smallest absolute Gasteiger partial charge is 0.257 e. The van der Waals surface area contributed by atoms with Crippen LogP contribution in [0.5, 0.6) is 5.75 Å². The first-order valence-electron chi connectivity index (χ1n) is 8.78. The molecular weight excluding hydrogens is 340 g/mol. The zero-order valence-corrected chi connectivity index (χ0v) is 16.2. The van der Waals surface area contributed by atoms with Crippen molar-refractivity contribution in [2.75, 3.05) is 20.2 Å². The summed E-state index contributed by atoms with van der Waals surface area (Å²) in [6.45, 7) is 7.27. The molecule has 0 bridgehead atoms. The van der Waals surface area contributed by atoms with E-state index in [1.807, 2.05) is 13.8 Å². The fourth-order valence-electron chi connectivity index (χ4n) is 2.82. The van der Waals surface area contributed by atoms with Crippen LogP contribution in [0.4, 0.5) is 0 Å². The van der Waals surface area contributed by atoms with E-state index in [1.165, 1.54) is 19.2 Å². The van der Waals surface area contributed by atoms with Crippen LogP contribution in [0.2, 0.25) is 0 Å². The van der Waals surface area contributed by atoms with Gasteiger partial charge in [0, 0.05) is 19.1 Å². The molecule has 0 aromatic heterocycles. The van der Waals surface area contributed by atoms with Gasteiger partial charge in [-0.05, 0) is 50.3 Å². The molecule has 0 aliphatic carbocycles. The first-order valence-corrected chi connectivity index (χ1v) is 10.3. The third-order valence-corrected chi connectivity index (χ3v) is 6.34. The standard InChI is InChI=1S/C18H28N2O4S/c1-5-14(3)19-25(22,23)15-6-7-17(24-4)16(12-15)18(21)20-10-8-13(2)9-11-20/h6-7,12-14,19H,5,8-11H2,1-4H3. The summed E-state index contributed by atoms with van der Waals surface area (Å²) in [7, 11) is -2.19. The number of nitrogens with zero attached hydrogens (tertiary/aromatic N) is 1. The first kappa shape index (κ1) is 19.7. The Bertz CT molecular complexity index is 710. The number of benzene rings is 1. The average molecular weight is 368 g/mol. The maximum absolute atomic E-state index is 12.9. The van der Waals surface area contributed by atoms with Gasteiger partial charge in [0.15, 0.2) is 0 Å². The molecule has 25 heavy (non-hydrogen) atoms. The molecule has 1 unspecified atom stereocenters. The summed E-state index contributed by atoms with van der Waals surface area (Å²) in [5, 5.41) is 0. The molecule has 1 amide bonds. The van der Waals surface area contributed by atoms with Crippen molar-refractivity contribution >= 4 is 15.9 Å². The maximum atomic E-state index is 12.9. The van der Waals surface area contributed by atoms with E-state index >= 15 is 0 Å². The maximum Gasteiger partial charge on any atom is 0.257 e. The van der Waals surface area contributed by atoms with Gasteiger partial charge in [-0.1, -0.05) is 13.8 Å². The van der Waals surface area contributed by atoms with E-state index in [0.717, 1.165) is 12.8 Å². The number of carbonyl (C=O) groups excluding carboxylic acids is 1. The number of sulfonamides is 1. The molecule has 1 N–H and O–H groups in total. The van der Waals surface area contributed by atoms with E-state index in [1.54, 1.807) is 11.0 Å². The number of amides is 1. The van der Waals surface area contributed by atoms with Gasteiger partial charge < -0.3 is 9.64 Å². The van der Waals surface area contributed by atoms with Gasteiger partial charge in [-0.15, -0.1) is 0 Å². The van der Waals surface area contributed by atoms with E-state index in [0.29, 0.717) is 36.7 Å². The summed E-state index contributed by atoms with van der Waals surface area (Å²) in [5.41, 5.74) is 0.295. The average Bonchev–Trinajstić information content (AvgIpc) is 2.60. The number of methoxy groups -OCH3 is 1. The minimum Gasteiger partial charge on any atom is -0.496 e. The number of likely N-dealkylation sites (tertiary alicyclic amines) is 1. The van der Waals surface area contributed by atoms with Crippen LogP contribution in [0.3, 0.4) is 0 Å². The lowest BCUT2D eigenvalue weighted by atomic mass is 9.98. The van der Waals surface area contributed by atoms with E-state index < -0.39 is 10.0 Å². The third kappa shape index (κ3) is 4.73. The summed E-state index contributed by atoms with van der Waals surface area (Å²) in [6, 6.07) is 4.27. The monoisotopic (exact) mass is 368 g/mol. The molecule has 0 spiro atoms. The van der Waals surface area contributed by atoms with Crippen LogP contribution in [-0.2, 0) is 10.0 Å². The zero-order valence-electron chi connectivity index (χ0n) is 15.4. The van der Waals surface area contributed by atoms with Crippen molar-refractivity contribution in [1.82, 2.24) is 9.62 Å². The van der Waals surface area contributed by atoms with Crippen molar-refractivity contribution in [3.8, 4) is 5.75 Å². The molecule has 2 rings (SSSR count). The van der Waals surface area contributed by atoms with Crippen LogP contribution in [-0.4, -0.2) is 45.5 Å². The molecule has 1 atom stereocenters. The van der Waals surface area contributed by atoms with Crippen molar-refractivity contribution in [2.24, 2.45) is 5.92 Å². The Labute approximate surface area is 150 Å². The Morgan fingerprint density at radius 2 is 2.00 bits per heavy atom. The van der Waals surface area contributed by atoms with Gasteiger partial charge in [0.05, 0.1) is 17.6 Å². The molecule has 0 saturated carbocycles. The number of hydrogen-bond donors (Lipinski definition) is 1. The SMILES string of the molecule is CCC(C)NS(=O)(=O)c1ccc(OC)c(C(=O)N2CCC(C)CC2)c1. The Morgan fingerprint density at radius 3 is 2.56 bits per heavy atom. The number of ether oxygens (including phenoxy) is 1. The number of carbonyl (C=O) groups is 1. The number of rotatable bonds is 6. The zero-order chi connectivity index (χ0) is 18.6. The summed E-state index contributed by atoms with van der Waals surface area (Å²) in [5.74, 6) is 0.827. The fourth-order valence-corrected chi connectivity index (χ4v) is 4.17. The lowest BCUT2D eigenvalue weighted by molar-refractivity contribution is 0.0693. The molecule has 7 heteroatoms. The van der Waals surface area contributed by atoms with Gasteiger partial charge in [-0.25, -0.2) is 13.1 Å². The molecule has 6 nitrogen and oxygen atoms in total. The molecule has 1 aromatic carbocycles. The molecule has 1 fully saturated rings. The molecule has 140 valence electrons. The minimum atomic E-state index is -3.67. The highest BCUT2D eigenvalue weighted by atomic mass is 32.2. The second-order valence-corrected chi connectivity index (χ2v) is 8.48. The van der Waals surface area contributed by atoms with Crippen LogP contribution in [0.15, 0.2) is 23.1 Å². The lowest BCUT2D eigenvalue weighted by Crippen LogP contribution is -2.38. The third-order valence-electron chi connectivity index (χ3n) is 4.75. The lowest BCUT2D eigenvalue weighted by Gasteiger charge is -2.30. The van der Waals surface area contributed by atoms with Gasteiger partial charge >= 0.3 is 0 Å². The van der Waals surface area contributed by atoms with E-state index in [9.17, 15) is 13.2 Å². The Kier molecular flexibility index (Phi) is 6.46. The summed E-state index contributed by atoms with van der Waals surface area (Å²) < 4.78 is 32.9. The van der Waals surface area contributed by atoms with Crippen LogP contribution in [0.25, 0.3) is 0 Å². The molecule has 0 radical (unpaired) electrons. The Hall–Kier alpha value is -1.60. The highest BCUT2D eigenvalue weighted by Crippen LogP contribution is 2.26. The Balaban J connectivity index is 2.32. The molecule has 1 aromatic rings. The highest BCUT2D eigenvalue weighted by Gasteiger charge is 2.26. The van der Waals surface area contributed by atoms with Gasteiger partial charge in [-0.3, -0.25) is 4.79 Å². The molecule has 1 aliphatic rings. The molecular formula is C18H28N2O4S. The number of hydrogen-bond acceptors (Lipinski definition) is 4. The van der Waals surface area contributed by atoms with Gasteiger partial charge in [0.2, 0.25) is 10.0 Å². The van der Waals surface area contributed by atoms with Crippen LogP contribution < -0.4 is 9.46 Å². The molecule has 1 aliphatic heterocycles. The van der Waals surface area contributed by atoms with Crippen molar-refractivity contribution in [1.29, 1.82) is 0 Å². The van der Waals surface area contributed by atoms with Gasteiger partial charge in [0.25, 0.3) is 5.91 Å². The van der Waals surface area contributed by atoms with Crippen LogP contribution in [0.1, 0.15) is 50.4 Å². The summed E-state index contributed by atoms with van der Waals surface area (Å²) >= 11 is 0. The van der Waals surface area contributed by atoms with Crippen molar-refractivity contribution < 1.29 is 17.9 Å². The van der Waals surface area contributed by atoms with Gasteiger partial charge in [0.1, 0.15) is 5.75 Å². The second-order valence-electron chi connectivity index (χ2n) is 6.77. The Morgan fingerprint density at radius 1 is 1.36 bits per heavy atom. The van der Waals surface area contributed by atoms with Crippen LogP contribution in [0, 0.1) is 5.92 Å². The quantitative estimate of drug-likeness (QED) is 0.837. The van der Waals surface area contributed by atoms with E-state index in [4.69, 9.17) is 4.74 Å². The predicted octanol–water partition coefficient (Wildman–Crippen LogP) is 2.64. The summed E-state index contributed by atoms with van der Waals surface area (Å²) in [4.78, 5) is 14.7. The van der Waals surface area contributed by atoms with Crippen LogP contribution >= 0.6 is 0 Å². The molecule has 1 saturated heterocycles. The van der Waals surface area contributed by atoms with E-state index in [2.05, 4.69) is 11.6 Å². The predicted molar refractivity (Wildman–Crippen MR) is 97.4 cm³/mol. The minimum absolute atomic E-state index is 0.0855. The normalized spacial score (nSPS) is 17.4. The fraction of sp³-hybridized carbons (Fsp3) is 0.611. The van der Waals surface area contributed by atoms with Crippen molar-refractivity contribution in [2.45, 2.75) is 51.0 Å². The van der Waals surface area contributed by atoms with Crippen molar-refractivity contribution in [3.05, 3.63) is 23.8 Å².